The van der Waals surface area contributed by atoms with E-state index in [1.54, 1.807) is 0 Å². The van der Waals surface area contributed by atoms with Gasteiger partial charge in [-0.3, -0.25) is 9.69 Å². The lowest BCUT2D eigenvalue weighted by Gasteiger charge is -2.26. The quantitative estimate of drug-likeness (QED) is 0.236. The zero-order valence-corrected chi connectivity index (χ0v) is 21.2. The van der Waals surface area contributed by atoms with Gasteiger partial charge in [0.15, 0.2) is 5.11 Å². The number of likely N-dealkylation sites (tertiary alicyclic amines) is 1. The number of hydrogen-bond acceptors (Lipinski definition) is 5. The van der Waals surface area contributed by atoms with Crippen LogP contribution >= 0.6 is 12.2 Å². The molecule has 2 heterocycles. The molecule has 3 rings (SSSR count). The number of hydrogen-bond donors (Lipinski definition) is 3. The molecule has 1 aliphatic heterocycles. The Labute approximate surface area is 210 Å². The summed E-state index contributed by atoms with van der Waals surface area (Å²) >= 11 is 5.35. The molecule has 2 fully saturated rings. The normalized spacial score (nSPS) is 17.4. The highest BCUT2D eigenvalue weighted by Gasteiger charge is 2.14. The highest BCUT2D eigenvalue weighted by atomic mass is 32.1. The third-order valence-corrected chi connectivity index (χ3v) is 6.63. The summed E-state index contributed by atoms with van der Waals surface area (Å²) in [5.74, 6) is 0.692. The number of aromatic nitrogens is 1. The number of carbonyl (C=O) groups excluding carboxylic acids is 1. The molecule has 2 aliphatic rings. The second-order valence-corrected chi connectivity index (χ2v) is 9.67. The van der Waals surface area contributed by atoms with Gasteiger partial charge in [-0.25, -0.2) is 4.98 Å². The van der Waals surface area contributed by atoms with E-state index in [1.807, 2.05) is 24.4 Å². The Morgan fingerprint density at radius 3 is 2.74 bits per heavy atom. The first-order chi connectivity index (χ1) is 16.7. The van der Waals surface area contributed by atoms with Gasteiger partial charge in [0.1, 0.15) is 6.61 Å². The van der Waals surface area contributed by atoms with Gasteiger partial charge in [0, 0.05) is 44.4 Å². The molecule has 188 valence electrons. The molecule has 0 atom stereocenters. The van der Waals surface area contributed by atoms with E-state index >= 15 is 0 Å². The van der Waals surface area contributed by atoms with Gasteiger partial charge >= 0.3 is 0 Å². The second kappa shape index (κ2) is 15.7. The molecule has 0 spiro atoms. The summed E-state index contributed by atoms with van der Waals surface area (Å²) in [6.07, 6.45) is 17.1. The number of carbonyl (C=O) groups is 1. The average Bonchev–Trinajstić information content (AvgIpc) is 2.85. The number of piperidine rings is 1. The molecule has 34 heavy (non-hydrogen) atoms. The van der Waals surface area contributed by atoms with E-state index in [-0.39, 0.29) is 5.91 Å². The number of amides is 1. The van der Waals surface area contributed by atoms with Gasteiger partial charge in [-0.15, -0.1) is 0 Å². The van der Waals surface area contributed by atoms with Crippen molar-refractivity contribution in [1.82, 2.24) is 25.8 Å². The van der Waals surface area contributed by atoms with Crippen LogP contribution < -0.4 is 20.7 Å². The molecule has 0 unspecified atom stereocenters. The van der Waals surface area contributed by atoms with Crippen LogP contribution in [0.3, 0.4) is 0 Å². The fraction of sp³-hybridized carbons (Fsp3) is 0.654. The van der Waals surface area contributed by atoms with E-state index in [1.165, 1.54) is 70.0 Å². The summed E-state index contributed by atoms with van der Waals surface area (Å²) in [6.45, 7) is 4.95. The molecule has 0 aromatic carbocycles. The first kappa shape index (κ1) is 26.4. The summed E-state index contributed by atoms with van der Waals surface area (Å²) in [5, 5.41) is 10.2. The van der Waals surface area contributed by atoms with Crippen molar-refractivity contribution < 1.29 is 9.53 Å². The standard InChI is InChI=1S/C26H41N5O2S/c32-24(12-9-15-29-26(34)30-23-10-3-1-4-11-23)27-14-5-8-19-33-25-20-22(13-16-28-25)21-31-17-6-2-7-18-31/h5,8,13,16,20,23H,1-4,6-7,9-12,14-15,17-19,21H2,(H,27,32)(H2,29,30,34)/b8-5-. The fourth-order valence-corrected chi connectivity index (χ4v) is 4.75. The molecule has 1 saturated heterocycles. The van der Waals surface area contributed by atoms with Crippen LogP contribution in [0, 0.1) is 0 Å². The predicted octanol–water partition coefficient (Wildman–Crippen LogP) is 3.70. The SMILES string of the molecule is O=C(CCCNC(=S)NC1CCCCC1)NC/C=C\COc1cc(CN2CCCCC2)ccn1. The second-order valence-electron chi connectivity index (χ2n) is 9.26. The van der Waals surface area contributed by atoms with Crippen molar-refractivity contribution >= 4 is 23.2 Å². The smallest absolute Gasteiger partial charge is 0.220 e. The van der Waals surface area contributed by atoms with Crippen molar-refractivity contribution in [3.8, 4) is 5.88 Å². The Morgan fingerprint density at radius 1 is 1.12 bits per heavy atom. The van der Waals surface area contributed by atoms with Gasteiger partial charge < -0.3 is 20.7 Å². The van der Waals surface area contributed by atoms with Gasteiger partial charge in [-0.2, -0.15) is 0 Å². The van der Waals surface area contributed by atoms with Crippen LogP contribution in [-0.4, -0.2) is 59.7 Å². The molecule has 1 saturated carbocycles. The van der Waals surface area contributed by atoms with Crippen molar-refractivity contribution in [1.29, 1.82) is 0 Å². The minimum Gasteiger partial charge on any atom is -0.473 e. The minimum absolute atomic E-state index is 0.0469. The molecule has 7 nitrogen and oxygen atoms in total. The molecule has 0 radical (unpaired) electrons. The van der Waals surface area contributed by atoms with Gasteiger partial charge in [0.2, 0.25) is 11.8 Å². The first-order valence-electron chi connectivity index (χ1n) is 13.0. The van der Waals surface area contributed by atoms with Crippen molar-refractivity contribution in [2.45, 2.75) is 76.8 Å². The van der Waals surface area contributed by atoms with E-state index in [9.17, 15) is 4.79 Å². The molecule has 8 heteroatoms. The Hall–Kier alpha value is -2.19. The lowest BCUT2D eigenvalue weighted by molar-refractivity contribution is -0.120. The van der Waals surface area contributed by atoms with Crippen LogP contribution in [0.2, 0.25) is 0 Å². The average molecular weight is 488 g/mol. The zero-order valence-electron chi connectivity index (χ0n) is 20.4. The van der Waals surface area contributed by atoms with Crippen molar-refractivity contribution in [3.05, 3.63) is 36.0 Å². The van der Waals surface area contributed by atoms with E-state index < -0.39 is 0 Å². The first-order valence-corrected chi connectivity index (χ1v) is 13.4. The highest BCUT2D eigenvalue weighted by Crippen LogP contribution is 2.17. The summed E-state index contributed by atoms with van der Waals surface area (Å²) in [5.41, 5.74) is 1.24. The summed E-state index contributed by atoms with van der Waals surface area (Å²) in [7, 11) is 0. The van der Waals surface area contributed by atoms with Crippen molar-refractivity contribution in [2.24, 2.45) is 0 Å². The zero-order chi connectivity index (χ0) is 23.8. The van der Waals surface area contributed by atoms with Crippen LogP contribution in [0.25, 0.3) is 0 Å². The molecule has 1 aliphatic carbocycles. The van der Waals surface area contributed by atoms with Crippen LogP contribution in [0.4, 0.5) is 0 Å². The maximum atomic E-state index is 12.0. The topological polar surface area (TPSA) is 78.5 Å². The van der Waals surface area contributed by atoms with Gasteiger partial charge in [0.25, 0.3) is 0 Å². The molecular weight excluding hydrogens is 446 g/mol. The Bertz CT molecular complexity index is 776. The molecule has 0 bridgehead atoms. The Balaban J connectivity index is 1.20. The van der Waals surface area contributed by atoms with Crippen LogP contribution in [-0.2, 0) is 11.3 Å². The molecule has 1 amide bonds. The molecular formula is C26H41N5O2S. The largest absolute Gasteiger partial charge is 0.473 e. The van der Waals surface area contributed by atoms with E-state index in [4.69, 9.17) is 17.0 Å². The van der Waals surface area contributed by atoms with Crippen molar-refractivity contribution in [3.63, 3.8) is 0 Å². The van der Waals surface area contributed by atoms with E-state index in [0.29, 0.717) is 43.2 Å². The third-order valence-electron chi connectivity index (χ3n) is 6.37. The van der Waals surface area contributed by atoms with Crippen molar-refractivity contribution in [2.75, 3.05) is 32.8 Å². The van der Waals surface area contributed by atoms with Gasteiger partial charge in [-0.05, 0) is 75.1 Å². The maximum absolute atomic E-state index is 12.0. The fourth-order valence-electron chi connectivity index (χ4n) is 4.48. The lowest BCUT2D eigenvalue weighted by atomic mass is 9.96. The highest BCUT2D eigenvalue weighted by molar-refractivity contribution is 7.80. The summed E-state index contributed by atoms with van der Waals surface area (Å²) < 4.78 is 5.74. The molecule has 1 aromatic rings. The Morgan fingerprint density at radius 2 is 1.91 bits per heavy atom. The van der Waals surface area contributed by atoms with Crippen LogP contribution in [0.15, 0.2) is 30.5 Å². The maximum Gasteiger partial charge on any atom is 0.220 e. The number of pyridine rings is 1. The predicted molar refractivity (Wildman–Crippen MR) is 141 cm³/mol. The number of thiocarbonyl (C=S) groups is 1. The minimum atomic E-state index is 0.0469. The van der Waals surface area contributed by atoms with E-state index in [2.05, 4.69) is 31.9 Å². The number of rotatable bonds is 12. The number of ether oxygens (including phenoxy) is 1. The lowest BCUT2D eigenvalue weighted by Crippen LogP contribution is -2.43. The summed E-state index contributed by atoms with van der Waals surface area (Å²) in [6, 6.07) is 4.59. The number of nitrogens with zero attached hydrogens (tertiary/aromatic N) is 2. The van der Waals surface area contributed by atoms with Crippen LogP contribution in [0.5, 0.6) is 5.88 Å². The number of nitrogens with one attached hydrogen (secondary N) is 3. The third kappa shape index (κ3) is 10.8. The summed E-state index contributed by atoms with van der Waals surface area (Å²) in [4.78, 5) is 18.8. The van der Waals surface area contributed by atoms with E-state index in [0.717, 1.165) is 13.0 Å². The molecule has 1 aromatic heterocycles. The monoisotopic (exact) mass is 487 g/mol. The van der Waals surface area contributed by atoms with Gasteiger partial charge in [0.05, 0.1) is 0 Å². The molecule has 3 N–H and O–H groups in total. The Kier molecular flexibility index (Phi) is 12.2. The van der Waals surface area contributed by atoms with Crippen LogP contribution in [0.1, 0.15) is 69.8 Å². The van der Waals surface area contributed by atoms with Gasteiger partial charge in [-0.1, -0.05) is 31.8 Å².